The number of halogens is 3. The molecule has 0 saturated carbocycles. The third-order valence-electron chi connectivity index (χ3n) is 8.34. The topological polar surface area (TPSA) is 87.6 Å². The van der Waals surface area contributed by atoms with Crippen molar-refractivity contribution in [2.24, 2.45) is 22.3 Å². The van der Waals surface area contributed by atoms with E-state index in [1.165, 1.54) is 42.9 Å². The van der Waals surface area contributed by atoms with Gasteiger partial charge in [0.05, 0.1) is 18.4 Å². The predicted molar refractivity (Wildman–Crippen MR) is 180 cm³/mol. The summed E-state index contributed by atoms with van der Waals surface area (Å²) in [5.41, 5.74) is 12.9. The SMILES string of the molecule is CCCCCc1ccc(-c2cc3ccc(OCC(C)(COC(=O)C(C)(C)C(N)CC(C)(C)N)CC(F)(F)F)cc3s2)c(CC)c1. The van der Waals surface area contributed by atoms with Gasteiger partial charge in [0.25, 0.3) is 0 Å². The molecule has 0 bridgehead atoms. The van der Waals surface area contributed by atoms with Gasteiger partial charge in [-0.05, 0) is 99.7 Å². The van der Waals surface area contributed by atoms with Gasteiger partial charge in [-0.3, -0.25) is 4.79 Å². The van der Waals surface area contributed by atoms with Gasteiger partial charge >= 0.3 is 12.1 Å². The minimum atomic E-state index is -4.48. The first kappa shape index (κ1) is 36.8. The van der Waals surface area contributed by atoms with Gasteiger partial charge in [-0.15, -0.1) is 11.3 Å². The second-order valence-corrected chi connectivity index (χ2v) is 15.2. The fraction of sp³-hybridized carbons (Fsp3) is 0.583. The van der Waals surface area contributed by atoms with Crippen LogP contribution < -0.4 is 16.2 Å². The Morgan fingerprint density at radius 3 is 2.29 bits per heavy atom. The number of esters is 1. The molecule has 0 aliphatic heterocycles. The Balaban J connectivity index is 1.75. The Kier molecular flexibility index (Phi) is 12.2. The van der Waals surface area contributed by atoms with Crippen LogP contribution in [0.1, 0.15) is 91.7 Å². The lowest BCUT2D eigenvalue weighted by molar-refractivity contribution is -0.179. The maximum Gasteiger partial charge on any atom is 0.389 e. The van der Waals surface area contributed by atoms with Crippen LogP contribution in [-0.4, -0.2) is 36.9 Å². The van der Waals surface area contributed by atoms with Crippen molar-refractivity contribution in [3.05, 3.63) is 53.6 Å². The summed E-state index contributed by atoms with van der Waals surface area (Å²) >= 11 is 1.64. The highest BCUT2D eigenvalue weighted by Gasteiger charge is 2.43. The standard InChI is InChI=1S/C36H51F3N2O3S/c1-8-10-11-12-24-13-16-28(25(9-2)17-24)30-18-26-14-15-27(19-29(26)45-30)43-22-35(7,21-36(37,38)39)23-44-32(42)34(5,6)31(40)20-33(3,4)41/h13-19,31H,8-12,20-23,40-41H2,1-7H3. The summed E-state index contributed by atoms with van der Waals surface area (Å²) in [5, 5.41) is 1.04. The second kappa shape index (κ2) is 14.9. The summed E-state index contributed by atoms with van der Waals surface area (Å²) in [5.74, 6) is -0.203. The van der Waals surface area contributed by atoms with Crippen LogP contribution in [0.25, 0.3) is 20.5 Å². The number of thiophene rings is 1. The molecule has 0 amide bonds. The van der Waals surface area contributed by atoms with Gasteiger partial charge in [-0.2, -0.15) is 13.2 Å². The van der Waals surface area contributed by atoms with Crippen LogP contribution in [0, 0.1) is 10.8 Å². The summed E-state index contributed by atoms with van der Waals surface area (Å²) in [4.78, 5) is 14.1. The molecule has 9 heteroatoms. The number of rotatable bonds is 16. The van der Waals surface area contributed by atoms with Crippen LogP contribution >= 0.6 is 11.3 Å². The highest BCUT2D eigenvalue weighted by Crippen LogP contribution is 2.39. The van der Waals surface area contributed by atoms with E-state index in [2.05, 4.69) is 38.1 Å². The number of fused-ring (bicyclic) bond motifs is 1. The molecule has 0 fully saturated rings. The monoisotopic (exact) mass is 648 g/mol. The van der Waals surface area contributed by atoms with E-state index >= 15 is 0 Å². The Hall–Kier alpha value is -2.62. The Bertz CT molecular complexity index is 1430. The number of aryl methyl sites for hydroxylation is 2. The lowest BCUT2D eigenvalue weighted by Gasteiger charge is -2.35. The average molecular weight is 649 g/mol. The lowest BCUT2D eigenvalue weighted by Crippen LogP contribution is -2.50. The molecule has 2 unspecified atom stereocenters. The number of hydrogen-bond acceptors (Lipinski definition) is 6. The molecule has 2 aromatic carbocycles. The summed E-state index contributed by atoms with van der Waals surface area (Å²) in [6, 6.07) is 13.8. The maximum atomic E-state index is 13.7. The van der Waals surface area contributed by atoms with Gasteiger partial charge in [0, 0.05) is 26.6 Å². The molecule has 2 atom stereocenters. The fourth-order valence-corrected chi connectivity index (χ4v) is 6.58. The normalized spacial score (nSPS) is 14.8. The van der Waals surface area contributed by atoms with E-state index in [9.17, 15) is 18.0 Å². The van der Waals surface area contributed by atoms with E-state index in [4.69, 9.17) is 20.9 Å². The summed E-state index contributed by atoms with van der Waals surface area (Å²) < 4.78 is 53.4. The molecule has 0 aliphatic rings. The number of hydrogen-bond donors (Lipinski definition) is 2. The summed E-state index contributed by atoms with van der Waals surface area (Å²) in [6.45, 7) is 11.9. The number of ether oxygens (including phenoxy) is 2. The zero-order valence-corrected chi connectivity index (χ0v) is 28.7. The van der Waals surface area contributed by atoms with Gasteiger partial charge in [0.1, 0.15) is 12.4 Å². The second-order valence-electron chi connectivity index (χ2n) is 14.1. The molecule has 250 valence electrons. The molecule has 1 heterocycles. The predicted octanol–water partition coefficient (Wildman–Crippen LogP) is 9.23. The first-order valence-corrected chi connectivity index (χ1v) is 16.7. The molecule has 3 aromatic rings. The van der Waals surface area contributed by atoms with Crippen LogP contribution in [0.2, 0.25) is 0 Å². The maximum absolute atomic E-state index is 13.7. The van der Waals surface area contributed by atoms with Crippen LogP contribution in [0.5, 0.6) is 5.75 Å². The van der Waals surface area contributed by atoms with Crippen molar-refractivity contribution in [3.63, 3.8) is 0 Å². The van der Waals surface area contributed by atoms with Gasteiger partial charge in [-0.1, -0.05) is 51.8 Å². The minimum absolute atomic E-state index is 0.286. The molecule has 0 spiro atoms. The molecular weight excluding hydrogens is 597 g/mol. The smallest absolute Gasteiger partial charge is 0.389 e. The molecule has 5 nitrogen and oxygen atoms in total. The van der Waals surface area contributed by atoms with Crippen LogP contribution in [0.4, 0.5) is 13.2 Å². The molecule has 4 N–H and O–H groups in total. The van der Waals surface area contributed by atoms with Crippen molar-refractivity contribution in [3.8, 4) is 16.2 Å². The zero-order chi connectivity index (χ0) is 33.6. The molecule has 0 radical (unpaired) electrons. The number of benzene rings is 2. The fourth-order valence-electron chi connectivity index (χ4n) is 5.43. The highest BCUT2D eigenvalue weighted by atomic mass is 32.1. The largest absolute Gasteiger partial charge is 0.493 e. The van der Waals surface area contributed by atoms with E-state index < -0.39 is 47.6 Å². The van der Waals surface area contributed by atoms with E-state index in [-0.39, 0.29) is 6.61 Å². The Morgan fingerprint density at radius 1 is 0.956 bits per heavy atom. The summed E-state index contributed by atoms with van der Waals surface area (Å²) in [6.07, 6.45) is 0.316. The third kappa shape index (κ3) is 10.7. The van der Waals surface area contributed by atoms with Crippen LogP contribution in [0.15, 0.2) is 42.5 Å². The van der Waals surface area contributed by atoms with Crippen molar-refractivity contribution < 1.29 is 27.4 Å². The minimum Gasteiger partial charge on any atom is -0.493 e. The third-order valence-corrected chi connectivity index (χ3v) is 9.47. The van der Waals surface area contributed by atoms with Crippen molar-refractivity contribution in [2.75, 3.05) is 13.2 Å². The van der Waals surface area contributed by atoms with E-state index in [0.717, 1.165) is 27.8 Å². The molecular formula is C36H51F3N2O3S. The molecule has 1 aromatic heterocycles. The van der Waals surface area contributed by atoms with Crippen molar-refractivity contribution in [2.45, 2.75) is 111 Å². The number of alkyl halides is 3. The first-order valence-electron chi connectivity index (χ1n) is 15.9. The lowest BCUT2D eigenvalue weighted by atomic mass is 9.79. The van der Waals surface area contributed by atoms with Crippen LogP contribution in [-0.2, 0) is 22.4 Å². The van der Waals surface area contributed by atoms with Crippen molar-refractivity contribution >= 4 is 27.4 Å². The number of nitrogens with two attached hydrogens (primary N) is 2. The van der Waals surface area contributed by atoms with Gasteiger partial charge in [-0.25, -0.2) is 0 Å². The molecule has 45 heavy (non-hydrogen) atoms. The molecule has 3 rings (SSSR count). The molecule has 0 aliphatic carbocycles. The first-order chi connectivity index (χ1) is 20.9. The van der Waals surface area contributed by atoms with E-state index in [1.54, 1.807) is 45.1 Å². The number of carbonyl (C=O) groups excluding carboxylic acids is 1. The molecule has 0 saturated heterocycles. The quantitative estimate of drug-likeness (QED) is 0.119. The van der Waals surface area contributed by atoms with E-state index in [0.29, 0.717) is 12.2 Å². The van der Waals surface area contributed by atoms with Gasteiger partial charge in [0.15, 0.2) is 0 Å². The van der Waals surface area contributed by atoms with Crippen molar-refractivity contribution in [1.82, 2.24) is 0 Å². The van der Waals surface area contributed by atoms with E-state index in [1.807, 2.05) is 12.1 Å². The Labute approximate surface area is 270 Å². The van der Waals surface area contributed by atoms with Crippen LogP contribution in [0.3, 0.4) is 0 Å². The zero-order valence-electron chi connectivity index (χ0n) is 27.9. The van der Waals surface area contributed by atoms with Crippen molar-refractivity contribution in [1.29, 1.82) is 0 Å². The summed E-state index contributed by atoms with van der Waals surface area (Å²) in [7, 11) is 0. The average Bonchev–Trinajstić information content (AvgIpc) is 3.36. The van der Waals surface area contributed by atoms with Gasteiger partial charge < -0.3 is 20.9 Å². The number of unbranched alkanes of at least 4 members (excludes halogenated alkanes) is 2. The number of carbonyl (C=O) groups is 1. The van der Waals surface area contributed by atoms with Gasteiger partial charge in [0.2, 0.25) is 0 Å². The highest BCUT2D eigenvalue weighted by molar-refractivity contribution is 7.22. The Morgan fingerprint density at radius 2 is 1.67 bits per heavy atom.